The van der Waals surface area contributed by atoms with Crippen LogP contribution >= 0.6 is 0 Å². The number of anilines is 2. The van der Waals surface area contributed by atoms with Gasteiger partial charge in [0.2, 0.25) is 0 Å². The molecule has 1 aromatic heterocycles. The lowest BCUT2D eigenvalue weighted by atomic mass is 10.1. The molecule has 1 fully saturated rings. The van der Waals surface area contributed by atoms with E-state index in [1.807, 2.05) is 30.3 Å². The number of nitrogens with one attached hydrogen (secondary N) is 3. The van der Waals surface area contributed by atoms with Crippen LogP contribution < -0.4 is 20.7 Å². The lowest BCUT2D eigenvalue weighted by Gasteiger charge is -2.32. The maximum absolute atomic E-state index is 12.9. The highest BCUT2D eigenvalue weighted by Crippen LogP contribution is 2.17. The lowest BCUT2D eigenvalue weighted by molar-refractivity contribution is 0.0915. The first-order valence-electron chi connectivity index (χ1n) is 11.2. The number of methoxy groups -OCH3 is 1. The van der Waals surface area contributed by atoms with Gasteiger partial charge in [-0.15, -0.1) is 0 Å². The molecule has 2 aromatic carbocycles. The highest BCUT2D eigenvalue weighted by Gasteiger charge is 2.26. The molecule has 0 spiro atoms. The number of hydrogen-bond donors (Lipinski definition) is 3. The predicted molar refractivity (Wildman–Crippen MR) is 131 cm³/mol. The van der Waals surface area contributed by atoms with E-state index < -0.39 is 11.8 Å². The summed E-state index contributed by atoms with van der Waals surface area (Å²) in [4.78, 5) is 48.0. The number of likely N-dealkylation sites (tertiary alicyclic amines) is 1. The largest absolute Gasteiger partial charge is 0.497 e. The highest BCUT2D eigenvalue weighted by molar-refractivity contribution is 6.07. The molecule has 0 bridgehead atoms. The molecule has 180 valence electrons. The Kier molecular flexibility index (Phi) is 7.51. The summed E-state index contributed by atoms with van der Waals surface area (Å²) in [7, 11) is 1.54. The van der Waals surface area contributed by atoms with Crippen molar-refractivity contribution >= 4 is 29.4 Å². The average Bonchev–Trinajstić information content (AvgIpc) is 2.90. The zero-order valence-corrected chi connectivity index (χ0v) is 19.2. The van der Waals surface area contributed by atoms with E-state index in [0.717, 1.165) is 5.69 Å². The molecule has 4 amide bonds. The second-order valence-corrected chi connectivity index (χ2v) is 7.97. The van der Waals surface area contributed by atoms with Crippen molar-refractivity contribution in [3.05, 3.63) is 78.2 Å². The van der Waals surface area contributed by atoms with Crippen molar-refractivity contribution in [3.63, 3.8) is 0 Å². The van der Waals surface area contributed by atoms with Crippen LogP contribution in [0, 0.1) is 0 Å². The molecule has 3 aromatic rings. The maximum atomic E-state index is 12.9. The Morgan fingerprint density at radius 3 is 2.26 bits per heavy atom. The number of amides is 4. The van der Waals surface area contributed by atoms with Crippen LogP contribution in [0.15, 0.2) is 67.0 Å². The number of para-hydroxylation sites is 1. The zero-order valence-electron chi connectivity index (χ0n) is 19.2. The van der Waals surface area contributed by atoms with Crippen LogP contribution in [0.1, 0.15) is 33.7 Å². The molecule has 0 unspecified atom stereocenters. The number of piperidine rings is 1. The summed E-state index contributed by atoms with van der Waals surface area (Å²) in [5, 5.41) is 8.47. The number of benzene rings is 2. The molecule has 1 saturated heterocycles. The van der Waals surface area contributed by atoms with Crippen molar-refractivity contribution in [1.82, 2.24) is 20.2 Å². The van der Waals surface area contributed by atoms with Gasteiger partial charge in [0.15, 0.2) is 11.5 Å². The Labute approximate surface area is 202 Å². The van der Waals surface area contributed by atoms with Gasteiger partial charge in [0, 0.05) is 42.8 Å². The van der Waals surface area contributed by atoms with Crippen LogP contribution in [0.4, 0.5) is 16.3 Å². The molecule has 0 atom stereocenters. The number of nitrogens with zero attached hydrogens (tertiary/aromatic N) is 3. The molecule has 35 heavy (non-hydrogen) atoms. The van der Waals surface area contributed by atoms with Crippen molar-refractivity contribution in [1.29, 1.82) is 0 Å². The molecular formula is C25H26N6O4. The number of ether oxygens (including phenoxy) is 1. The number of urea groups is 1. The van der Waals surface area contributed by atoms with Crippen LogP contribution in [0.3, 0.4) is 0 Å². The molecule has 0 saturated carbocycles. The number of hydrogen-bond acceptors (Lipinski definition) is 6. The first-order valence-corrected chi connectivity index (χ1v) is 11.2. The molecule has 1 aliphatic rings. The molecular weight excluding hydrogens is 448 g/mol. The van der Waals surface area contributed by atoms with Crippen LogP contribution in [-0.4, -0.2) is 59.0 Å². The Morgan fingerprint density at radius 1 is 0.886 bits per heavy atom. The summed E-state index contributed by atoms with van der Waals surface area (Å²) in [6, 6.07) is 15.5. The molecule has 0 radical (unpaired) electrons. The van der Waals surface area contributed by atoms with Gasteiger partial charge in [-0.3, -0.25) is 9.59 Å². The van der Waals surface area contributed by atoms with E-state index in [2.05, 4.69) is 25.9 Å². The van der Waals surface area contributed by atoms with E-state index in [0.29, 0.717) is 37.2 Å². The van der Waals surface area contributed by atoms with Crippen molar-refractivity contribution in [3.8, 4) is 5.75 Å². The molecule has 10 heteroatoms. The molecule has 0 aliphatic carbocycles. The van der Waals surface area contributed by atoms with Gasteiger partial charge in [0.1, 0.15) is 5.75 Å². The summed E-state index contributed by atoms with van der Waals surface area (Å²) in [6.45, 7) is 1.01. The van der Waals surface area contributed by atoms with Gasteiger partial charge in [0.05, 0.1) is 7.11 Å². The normalized spacial score (nSPS) is 13.6. The van der Waals surface area contributed by atoms with Gasteiger partial charge in [-0.05, 0) is 49.2 Å². The second kappa shape index (κ2) is 11.1. The van der Waals surface area contributed by atoms with E-state index >= 15 is 0 Å². The fourth-order valence-electron chi connectivity index (χ4n) is 3.72. The van der Waals surface area contributed by atoms with E-state index in [1.165, 1.54) is 12.4 Å². The van der Waals surface area contributed by atoms with E-state index in [4.69, 9.17) is 4.74 Å². The van der Waals surface area contributed by atoms with Crippen molar-refractivity contribution in [2.75, 3.05) is 30.8 Å². The van der Waals surface area contributed by atoms with Gasteiger partial charge in [0.25, 0.3) is 11.8 Å². The molecule has 2 heterocycles. The third kappa shape index (κ3) is 6.11. The molecule has 1 aliphatic heterocycles. The zero-order chi connectivity index (χ0) is 24.6. The van der Waals surface area contributed by atoms with Crippen molar-refractivity contribution in [2.24, 2.45) is 0 Å². The minimum absolute atomic E-state index is 0.0265. The van der Waals surface area contributed by atoms with Crippen LogP contribution in [0.25, 0.3) is 0 Å². The summed E-state index contributed by atoms with van der Waals surface area (Å²) in [6.07, 6.45) is 4.00. The number of carbonyl (C=O) groups is 3. The minimum atomic E-state index is -0.435. The van der Waals surface area contributed by atoms with Crippen LogP contribution in [0.5, 0.6) is 5.75 Å². The van der Waals surface area contributed by atoms with E-state index in [9.17, 15) is 14.4 Å². The highest BCUT2D eigenvalue weighted by atomic mass is 16.5. The van der Waals surface area contributed by atoms with Crippen molar-refractivity contribution in [2.45, 2.75) is 18.9 Å². The van der Waals surface area contributed by atoms with E-state index in [1.54, 1.807) is 36.3 Å². The maximum Gasteiger partial charge on any atom is 0.321 e. The van der Waals surface area contributed by atoms with Gasteiger partial charge < -0.3 is 25.6 Å². The van der Waals surface area contributed by atoms with Crippen LogP contribution in [0.2, 0.25) is 0 Å². The number of carbonyl (C=O) groups excluding carboxylic acids is 3. The smallest absolute Gasteiger partial charge is 0.321 e. The third-order valence-electron chi connectivity index (χ3n) is 5.64. The summed E-state index contributed by atoms with van der Waals surface area (Å²) in [5.74, 6) is -0.148. The predicted octanol–water partition coefficient (Wildman–Crippen LogP) is 3.16. The molecule has 10 nitrogen and oxygen atoms in total. The molecule has 3 N–H and O–H groups in total. The topological polar surface area (TPSA) is 126 Å². The fraction of sp³-hybridized carbons (Fsp3) is 0.240. The second-order valence-electron chi connectivity index (χ2n) is 7.97. The van der Waals surface area contributed by atoms with Gasteiger partial charge >= 0.3 is 6.03 Å². The molecule has 4 rings (SSSR count). The summed E-state index contributed by atoms with van der Waals surface area (Å²) >= 11 is 0. The van der Waals surface area contributed by atoms with E-state index in [-0.39, 0.29) is 23.6 Å². The minimum Gasteiger partial charge on any atom is -0.497 e. The standard InChI is InChI=1S/C25H26N6O4/c1-35-20-9-7-17(8-10-20)23(32)30-22-21(26-13-14-27-22)24(33)28-19-11-15-31(16-12-19)25(34)29-18-5-3-2-4-6-18/h2-10,13-14,19H,11-12,15-16H2,1H3,(H,28,33)(H,29,34)(H,27,30,32). The van der Waals surface area contributed by atoms with Crippen LogP contribution in [-0.2, 0) is 0 Å². The summed E-state index contributed by atoms with van der Waals surface area (Å²) < 4.78 is 5.10. The Morgan fingerprint density at radius 2 is 1.57 bits per heavy atom. The first-order chi connectivity index (χ1) is 17.0. The van der Waals surface area contributed by atoms with Gasteiger partial charge in [-0.1, -0.05) is 18.2 Å². The SMILES string of the molecule is COc1ccc(C(=O)Nc2nccnc2C(=O)NC2CCN(C(=O)Nc3ccccc3)CC2)cc1. The third-order valence-corrected chi connectivity index (χ3v) is 5.64. The summed E-state index contributed by atoms with van der Waals surface area (Å²) in [5.41, 5.74) is 1.15. The Bertz CT molecular complexity index is 1180. The van der Waals surface area contributed by atoms with Crippen molar-refractivity contribution < 1.29 is 19.1 Å². The fourth-order valence-corrected chi connectivity index (χ4v) is 3.72. The van der Waals surface area contributed by atoms with Gasteiger partial charge in [-0.2, -0.15) is 0 Å². The Balaban J connectivity index is 1.32. The Hall–Kier alpha value is -4.47. The quantitative estimate of drug-likeness (QED) is 0.504. The average molecular weight is 475 g/mol. The first kappa shape index (κ1) is 23.7. The number of rotatable bonds is 6. The monoisotopic (exact) mass is 474 g/mol. The van der Waals surface area contributed by atoms with Gasteiger partial charge in [-0.25, -0.2) is 14.8 Å². The number of aromatic nitrogens is 2. The lowest BCUT2D eigenvalue weighted by Crippen LogP contribution is -2.48.